The SMILES string of the molecule is CC1(C)S[C@@H]2[C@H](NC(=O)C(C(=O)O)c3ccccc3)C(=O)N2[C@H]1C(=O)O.CN(C)[C@@H]1C(O)=C(C(N)=O)C(=O)[C@@]2(O)C(O)=C3C(=O)c4c(O)cccc4[C@@](C)(O)[C@H]3C[C@@H]12. The zero-order valence-electron chi connectivity index (χ0n) is 31.7. The summed E-state index contributed by atoms with van der Waals surface area (Å²) in [6, 6.07) is 9.15. The van der Waals surface area contributed by atoms with Gasteiger partial charge < -0.3 is 51.7 Å². The van der Waals surface area contributed by atoms with Crippen molar-refractivity contribution < 1.29 is 69.3 Å². The smallest absolute Gasteiger partial charge is 0.327 e. The number of benzene rings is 2. The van der Waals surface area contributed by atoms with Gasteiger partial charge in [-0.05, 0) is 58.5 Å². The highest BCUT2D eigenvalue weighted by Crippen LogP contribution is 2.56. The number of carbonyl (C=O) groups is 7. The van der Waals surface area contributed by atoms with Gasteiger partial charge in [0, 0.05) is 22.2 Å². The van der Waals surface area contributed by atoms with Crippen LogP contribution in [0.2, 0.25) is 0 Å². The molecule has 2 aromatic rings. The molecule has 2 heterocycles. The number of hydrogen-bond donors (Lipinski definition) is 9. The number of Topliss-reactive ketones (excluding diaryl/α,β-unsaturated/α-hetero) is 2. The Morgan fingerprint density at radius 2 is 1.57 bits per heavy atom. The molecule has 9 atom stereocenters. The lowest BCUT2D eigenvalue weighted by Gasteiger charge is -2.52. The maximum atomic E-state index is 13.3. The number of nitrogens with zero attached hydrogens (tertiary/aromatic N) is 2. The average Bonchev–Trinajstić information content (AvgIpc) is 3.39. The second kappa shape index (κ2) is 14.3. The Labute approximate surface area is 334 Å². The summed E-state index contributed by atoms with van der Waals surface area (Å²) >= 11 is 1.29. The molecule has 3 aliphatic carbocycles. The zero-order valence-corrected chi connectivity index (χ0v) is 32.6. The number of aliphatic carboxylic acids is 2. The number of carboxylic acid groups (broad SMARTS) is 2. The summed E-state index contributed by atoms with van der Waals surface area (Å²) in [4.78, 5) is 89.0. The molecule has 0 spiro atoms. The molecule has 2 aromatic carbocycles. The molecule has 3 amide bonds. The largest absolute Gasteiger partial charge is 0.510 e. The number of nitrogens with one attached hydrogen (secondary N) is 1. The number of phenolic OH excluding ortho intramolecular Hbond substituents is 1. The summed E-state index contributed by atoms with van der Waals surface area (Å²) in [6.07, 6.45) is -0.200. The monoisotopic (exact) mass is 822 g/mol. The Balaban J connectivity index is 0.000000200. The van der Waals surface area contributed by atoms with Crippen LogP contribution >= 0.6 is 11.8 Å². The van der Waals surface area contributed by atoms with Crippen LogP contribution in [0.5, 0.6) is 5.75 Å². The number of carboxylic acids is 2. The maximum Gasteiger partial charge on any atom is 0.327 e. The van der Waals surface area contributed by atoms with Gasteiger partial charge in [0.05, 0.1) is 17.2 Å². The van der Waals surface area contributed by atoms with E-state index in [9.17, 15) is 69.3 Å². The van der Waals surface area contributed by atoms with Gasteiger partial charge in [0.15, 0.2) is 17.3 Å². The lowest BCUT2D eigenvalue weighted by molar-refractivity contribution is -0.161. The number of β-lactam (4-membered cyclic amide) rings is 1. The van der Waals surface area contributed by atoms with E-state index in [-0.39, 0.29) is 17.5 Å². The lowest BCUT2D eigenvalue weighted by Crippen LogP contribution is -2.71. The van der Waals surface area contributed by atoms with Crippen LogP contribution in [0.1, 0.15) is 54.6 Å². The molecule has 0 bridgehead atoms. The standard InChI is InChI=1S/C22H24N2O8.C17H18N2O6S/c1-21(31)8-5-4-6-11(25)12(8)16(26)13-9(21)7-10-15(24(2)3)17(27)14(20(23)30)19(29)22(10,32)18(13)28;1-17(2)11(16(24)25)19-13(21)10(14(19)26-17)18-12(20)9(15(22)23)8-6-4-3-5-7-8/h4-6,9-10,15,25,27-28,31-32H,7H2,1-3H3,(H2,23,30);3-7,9-11,14H,1-2H3,(H,18,20)(H,22,23)(H,24,25)/t9-,10-,15-,21+,22-;9?,10-,11+,14-/m01/s1. The molecular formula is C39H42N4O14S. The van der Waals surface area contributed by atoms with Crippen molar-refractivity contribution in [1.82, 2.24) is 15.1 Å². The van der Waals surface area contributed by atoms with E-state index in [4.69, 9.17) is 5.73 Å². The first-order chi connectivity index (χ1) is 26.9. The fourth-order valence-corrected chi connectivity index (χ4v) is 10.6. The van der Waals surface area contributed by atoms with E-state index in [1.54, 1.807) is 32.0 Å². The average molecular weight is 823 g/mol. The molecule has 19 heteroatoms. The van der Waals surface area contributed by atoms with Crippen LogP contribution in [-0.4, -0.2) is 135 Å². The van der Waals surface area contributed by atoms with Crippen molar-refractivity contribution in [3.05, 3.63) is 87.9 Å². The zero-order chi connectivity index (χ0) is 43.1. The van der Waals surface area contributed by atoms with Gasteiger partial charge in [-0.25, -0.2) is 4.79 Å². The van der Waals surface area contributed by atoms with E-state index < -0.39 is 127 Å². The number of aliphatic hydroxyl groups excluding tert-OH is 2. The predicted molar refractivity (Wildman–Crippen MR) is 202 cm³/mol. The number of fused-ring (bicyclic) bond motifs is 4. The van der Waals surface area contributed by atoms with Gasteiger partial charge in [-0.15, -0.1) is 11.8 Å². The van der Waals surface area contributed by atoms with Gasteiger partial charge in [0.25, 0.3) is 5.91 Å². The Kier molecular flexibility index (Phi) is 10.3. The van der Waals surface area contributed by atoms with Crippen LogP contribution < -0.4 is 11.1 Å². The molecule has 308 valence electrons. The summed E-state index contributed by atoms with van der Waals surface area (Å²) < 4.78 is -0.711. The van der Waals surface area contributed by atoms with Crippen LogP contribution in [0.15, 0.2) is 71.2 Å². The third-order valence-corrected chi connectivity index (χ3v) is 13.2. The van der Waals surface area contributed by atoms with Crippen LogP contribution in [0.25, 0.3) is 0 Å². The fourth-order valence-electron chi connectivity index (χ4n) is 8.94. The number of thioether (sulfide) groups is 1. The molecule has 58 heavy (non-hydrogen) atoms. The van der Waals surface area contributed by atoms with Crippen molar-refractivity contribution in [3.63, 3.8) is 0 Å². The number of nitrogens with two attached hydrogens (primary N) is 1. The molecule has 2 fully saturated rings. The Morgan fingerprint density at radius 1 is 0.948 bits per heavy atom. The molecule has 2 saturated heterocycles. The van der Waals surface area contributed by atoms with Crippen molar-refractivity contribution in [2.24, 2.45) is 17.6 Å². The molecule has 0 saturated carbocycles. The minimum atomic E-state index is -2.75. The van der Waals surface area contributed by atoms with E-state index in [0.717, 1.165) is 0 Å². The van der Waals surface area contributed by atoms with Crippen molar-refractivity contribution >= 4 is 53.0 Å². The van der Waals surface area contributed by atoms with Crippen LogP contribution in [0.4, 0.5) is 0 Å². The Morgan fingerprint density at radius 3 is 2.12 bits per heavy atom. The summed E-state index contributed by atoms with van der Waals surface area (Å²) in [5.74, 6) is -13.0. The number of aromatic hydroxyl groups is 1. The number of phenols is 1. The van der Waals surface area contributed by atoms with Gasteiger partial charge in [0.1, 0.15) is 40.3 Å². The molecule has 10 N–H and O–H groups in total. The molecular weight excluding hydrogens is 781 g/mol. The van der Waals surface area contributed by atoms with E-state index in [0.29, 0.717) is 5.56 Å². The number of hydrogen-bond acceptors (Lipinski definition) is 14. The summed E-state index contributed by atoms with van der Waals surface area (Å²) in [6.45, 7) is 4.86. The van der Waals surface area contributed by atoms with Gasteiger partial charge in [-0.2, -0.15) is 0 Å². The topological polar surface area (TPSA) is 306 Å². The fraction of sp³-hybridized carbons (Fsp3) is 0.410. The van der Waals surface area contributed by atoms with E-state index in [2.05, 4.69) is 5.32 Å². The molecule has 0 radical (unpaired) electrons. The van der Waals surface area contributed by atoms with Crippen molar-refractivity contribution in [2.45, 2.75) is 72.6 Å². The molecule has 0 aromatic heterocycles. The number of aliphatic hydroxyl groups is 4. The highest BCUT2D eigenvalue weighted by molar-refractivity contribution is 8.01. The van der Waals surface area contributed by atoms with E-state index in [1.807, 2.05) is 0 Å². The first-order valence-electron chi connectivity index (χ1n) is 17.9. The van der Waals surface area contributed by atoms with Gasteiger partial charge in [0.2, 0.25) is 17.6 Å². The van der Waals surface area contributed by atoms with Crippen LogP contribution in [0, 0.1) is 11.8 Å². The van der Waals surface area contributed by atoms with Gasteiger partial charge in [-0.1, -0.05) is 42.5 Å². The first-order valence-corrected chi connectivity index (χ1v) is 18.8. The molecule has 7 rings (SSSR count). The van der Waals surface area contributed by atoms with Crippen molar-refractivity contribution in [1.29, 1.82) is 0 Å². The molecule has 18 nitrogen and oxygen atoms in total. The normalized spacial score (nSPS) is 31.2. The Hall–Kier alpha value is -5.76. The summed E-state index contributed by atoms with van der Waals surface area (Å²) in [7, 11) is 3.06. The third-order valence-electron chi connectivity index (χ3n) is 11.6. The minimum Gasteiger partial charge on any atom is -0.510 e. The number of primary amides is 1. The quantitative estimate of drug-likeness (QED) is 0.103. The van der Waals surface area contributed by atoms with E-state index in [1.165, 1.54) is 72.9 Å². The second-order valence-corrected chi connectivity index (χ2v) is 17.5. The number of likely N-dealkylation sites (N-methyl/N-ethyl adjacent to an activating group) is 1. The van der Waals surface area contributed by atoms with Gasteiger partial charge >= 0.3 is 11.9 Å². The molecule has 2 aliphatic heterocycles. The number of carbonyl (C=O) groups excluding carboxylic acids is 5. The first kappa shape index (κ1) is 41.9. The lowest BCUT2D eigenvalue weighted by atomic mass is 9.55. The second-order valence-electron chi connectivity index (χ2n) is 15.7. The summed E-state index contributed by atoms with van der Waals surface area (Å²) in [5, 5.41) is 75.8. The molecule has 1 unspecified atom stereocenters. The van der Waals surface area contributed by atoms with Crippen LogP contribution in [0.3, 0.4) is 0 Å². The Bertz CT molecular complexity index is 2240. The van der Waals surface area contributed by atoms with Crippen molar-refractivity contribution in [2.75, 3.05) is 14.1 Å². The van der Waals surface area contributed by atoms with Crippen molar-refractivity contribution in [3.8, 4) is 5.75 Å². The maximum absolute atomic E-state index is 13.3. The van der Waals surface area contributed by atoms with Gasteiger partial charge in [-0.3, -0.25) is 33.7 Å². The number of ketones is 2. The number of rotatable bonds is 7. The highest BCUT2D eigenvalue weighted by atomic mass is 32.2. The predicted octanol–water partition coefficient (Wildman–Crippen LogP) is 0.272. The highest BCUT2D eigenvalue weighted by Gasteiger charge is 2.66. The summed E-state index contributed by atoms with van der Waals surface area (Å²) in [5.41, 5.74) is -0.345. The van der Waals surface area contributed by atoms with E-state index >= 15 is 0 Å². The minimum absolute atomic E-state index is 0.135. The van der Waals surface area contributed by atoms with Crippen LogP contribution in [-0.2, 0) is 34.4 Å². The molecule has 5 aliphatic rings. The number of amides is 3. The third kappa shape index (κ3) is 6.11.